The molecule has 26 heavy (non-hydrogen) atoms. The predicted molar refractivity (Wildman–Crippen MR) is 95.3 cm³/mol. The van der Waals surface area contributed by atoms with E-state index in [1.54, 1.807) is 30.5 Å². The first-order chi connectivity index (χ1) is 12.7. The summed E-state index contributed by atoms with van der Waals surface area (Å²) >= 11 is 0. The van der Waals surface area contributed by atoms with Crippen LogP contribution in [0.15, 0.2) is 36.7 Å². The molecular formula is C18H22N4O4. The Hall–Kier alpha value is -2.87. The van der Waals surface area contributed by atoms with Gasteiger partial charge in [-0.25, -0.2) is 9.78 Å². The minimum atomic E-state index is -0.462. The number of methoxy groups -OCH3 is 1. The Morgan fingerprint density at radius 1 is 1.27 bits per heavy atom. The van der Waals surface area contributed by atoms with E-state index in [-0.39, 0.29) is 12.5 Å². The number of amides is 1. The molecule has 0 spiro atoms. The summed E-state index contributed by atoms with van der Waals surface area (Å²) in [6.07, 6.45) is 5.60. The summed E-state index contributed by atoms with van der Waals surface area (Å²) in [7, 11) is 1.30. The van der Waals surface area contributed by atoms with Crippen molar-refractivity contribution in [1.82, 2.24) is 14.9 Å². The molecule has 138 valence electrons. The Balaban J connectivity index is 1.61. The first kappa shape index (κ1) is 17.9. The zero-order chi connectivity index (χ0) is 18.4. The average Bonchev–Trinajstić information content (AvgIpc) is 3.15. The van der Waals surface area contributed by atoms with Gasteiger partial charge in [0.1, 0.15) is 5.75 Å². The lowest BCUT2D eigenvalue weighted by atomic mass is 10.1. The van der Waals surface area contributed by atoms with Crippen molar-refractivity contribution >= 4 is 17.8 Å². The summed E-state index contributed by atoms with van der Waals surface area (Å²) in [5.41, 5.74) is 0.482. The number of rotatable bonds is 6. The van der Waals surface area contributed by atoms with Gasteiger partial charge in [-0.3, -0.25) is 10.1 Å². The maximum absolute atomic E-state index is 12.5. The molecule has 2 heterocycles. The Kier molecular flexibility index (Phi) is 5.85. The summed E-state index contributed by atoms with van der Waals surface area (Å²) in [6, 6.07) is 6.89. The highest BCUT2D eigenvalue weighted by Crippen LogP contribution is 2.23. The largest absolute Gasteiger partial charge is 0.482 e. The van der Waals surface area contributed by atoms with E-state index in [1.807, 2.05) is 10.8 Å². The number of carbonyl (C=O) groups excluding carboxylic acids is 2. The van der Waals surface area contributed by atoms with Crippen LogP contribution in [0.1, 0.15) is 29.2 Å². The van der Waals surface area contributed by atoms with E-state index in [0.717, 1.165) is 25.9 Å². The van der Waals surface area contributed by atoms with E-state index in [2.05, 4.69) is 20.4 Å². The molecule has 1 amide bonds. The fraction of sp³-hybridized carbons (Fsp3) is 0.389. The maximum Gasteiger partial charge on any atom is 0.343 e. The second kappa shape index (κ2) is 8.48. The van der Waals surface area contributed by atoms with E-state index in [1.165, 1.54) is 7.11 Å². The maximum atomic E-state index is 12.5. The van der Waals surface area contributed by atoms with Gasteiger partial charge >= 0.3 is 5.97 Å². The van der Waals surface area contributed by atoms with Gasteiger partial charge in [0, 0.05) is 24.0 Å². The highest BCUT2D eigenvalue weighted by atomic mass is 16.6. The lowest BCUT2D eigenvalue weighted by molar-refractivity contribution is -0.142. The normalized spacial score (nSPS) is 14.7. The Bertz CT molecular complexity index is 751. The summed E-state index contributed by atoms with van der Waals surface area (Å²) in [5.74, 6) is 0.332. The van der Waals surface area contributed by atoms with Gasteiger partial charge in [0.2, 0.25) is 5.95 Å². The van der Waals surface area contributed by atoms with Crippen LogP contribution in [-0.4, -0.2) is 48.2 Å². The van der Waals surface area contributed by atoms with Crippen molar-refractivity contribution in [1.29, 1.82) is 0 Å². The number of aromatic nitrogens is 2. The minimum Gasteiger partial charge on any atom is -0.482 e. The molecular weight excluding hydrogens is 336 g/mol. The van der Waals surface area contributed by atoms with Crippen LogP contribution in [0.2, 0.25) is 0 Å². The van der Waals surface area contributed by atoms with Crippen LogP contribution >= 0.6 is 0 Å². The molecule has 1 fully saturated rings. The van der Waals surface area contributed by atoms with Gasteiger partial charge in [-0.05, 0) is 50.2 Å². The number of nitrogens with one attached hydrogen (secondary N) is 2. The van der Waals surface area contributed by atoms with Gasteiger partial charge in [0.15, 0.2) is 6.61 Å². The standard InChI is InChI=1S/C18H22N4O4/c1-25-16(23)12-26-15-4-2-13(3-5-15)17(24)21-18-20-10-11-22(18)14-6-8-19-9-7-14/h2-5,10-11,14,19H,6-9,12H2,1H3,(H,20,21,24). The fourth-order valence-corrected chi connectivity index (χ4v) is 2.87. The van der Waals surface area contributed by atoms with E-state index in [0.29, 0.717) is 23.3 Å². The van der Waals surface area contributed by atoms with Crippen LogP contribution in [0.5, 0.6) is 5.75 Å². The van der Waals surface area contributed by atoms with Crippen LogP contribution in [0.25, 0.3) is 0 Å². The molecule has 0 atom stereocenters. The third kappa shape index (κ3) is 4.40. The van der Waals surface area contributed by atoms with Crippen molar-refractivity contribution in [3.8, 4) is 5.75 Å². The van der Waals surface area contributed by atoms with E-state index in [9.17, 15) is 9.59 Å². The minimum absolute atomic E-state index is 0.171. The second-order valence-electron chi connectivity index (χ2n) is 5.98. The van der Waals surface area contributed by atoms with Gasteiger partial charge in [-0.15, -0.1) is 0 Å². The molecule has 2 N–H and O–H groups in total. The van der Waals surface area contributed by atoms with Crippen molar-refractivity contribution in [2.45, 2.75) is 18.9 Å². The van der Waals surface area contributed by atoms with Gasteiger partial charge < -0.3 is 19.4 Å². The molecule has 0 unspecified atom stereocenters. The number of piperidine rings is 1. The van der Waals surface area contributed by atoms with Crippen molar-refractivity contribution in [2.75, 3.05) is 32.1 Å². The lowest BCUT2D eigenvalue weighted by Crippen LogP contribution is -2.30. The average molecular weight is 358 g/mol. The Morgan fingerprint density at radius 2 is 2.00 bits per heavy atom. The van der Waals surface area contributed by atoms with Crippen molar-refractivity contribution < 1.29 is 19.1 Å². The number of anilines is 1. The van der Waals surface area contributed by atoms with Crippen LogP contribution in [-0.2, 0) is 9.53 Å². The number of imidazole rings is 1. The molecule has 0 aliphatic carbocycles. The SMILES string of the molecule is COC(=O)COc1ccc(C(=O)Nc2nccn2C2CCNCC2)cc1. The Morgan fingerprint density at radius 3 is 2.69 bits per heavy atom. The quantitative estimate of drug-likeness (QED) is 0.762. The number of ether oxygens (including phenoxy) is 2. The summed E-state index contributed by atoms with van der Waals surface area (Å²) < 4.78 is 11.8. The molecule has 1 aliphatic heterocycles. The van der Waals surface area contributed by atoms with Crippen LogP contribution in [0.4, 0.5) is 5.95 Å². The molecule has 1 saturated heterocycles. The topological polar surface area (TPSA) is 94.5 Å². The van der Waals surface area contributed by atoms with Crippen molar-refractivity contribution in [3.05, 3.63) is 42.2 Å². The summed E-state index contributed by atoms with van der Waals surface area (Å²) in [4.78, 5) is 27.8. The molecule has 1 aliphatic rings. The predicted octanol–water partition coefficient (Wildman–Crippen LogP) is 1.61. The summed E-state index contributed by atoms with van der Waals surface area (Å²) in [6.45, 7) is 1.75. The highest BCUT2D eigenvalue weighted by molar-refractivity contribution is 6.03. The first-order valence-electron chi connectivity index (χ1n) is 8.52. The number of hydrogen-bond donors (Lipinski definition) is 2. The zero-order valence-electron chi connectivity index (χ0n) is 14.6. The molecule has 3 rings (SSSR count). The smallest absolute Gasteiger partial charge is 0.343 e. The van der Waals surface area contributed by atoms with Crippen molar-refractivity contribution in [2.24, 2.45) is 0 Å². The second-order valence-corrected chi connectivity index (χ2v) is 5.98. The van der Waals surface area contributed by atoms with Crippen molar-refractivity contribution in [3.63, 3.8) is 0 Å². The third-order valence-corrected chi connectivity index (χ3v) is 4.30. The molecule has 0 saturated carbocycles. The number of nitrogens with zero attached hydrogens (tertiary/aromatic N) is 2. The lowest BCUT2D eigenvalue weighted by Gasteiger charge is -2.25. The molecule has 0 radical (unpaired) electrons. The van der Waals surface area contributed by atoms with Gasteiger partial charge in [-0.1, -0.05) is 0 Å². The molecule has 8 heteroatoms. The number of carbonyl (C=O) groups is 2. The van der Waals surface area contributed by atoms with Crippen LogP contribution < -0.4 is 15.4 Å². The van der Waals surface area contributed by atoms with E-state index in [4.69, 9.17) is 4.74 Å². The fourth-order valence-electron chi connectivity index (χ4n) is 2.87. The third-order valence-electron chi connectivity index (χ3n) is 4.30. The number of hydrogen-bond acceptors (Lipinski definition) is 6. The van der Waals surface area contributed by atoms with E-state index < -0.39 is 5.97 Å². The van der Waals surface area contributed by atoms with E-state index >= 15 is 0 Å². The molecule has 1 aromatic carbocycles. The Labute approximate surface area is 151 Å². The zero-order valence-corrected chi connectivity index (χ0v) is 14.6. The monoisotopic (exact) mass is 358 g/mol. The number of esters is 1. The number of benzene rings is 1. The first-order valence-corrected chi connectivity index (χ1v) is 8.52. The van der Waals surface area contributed by atoms with Crippen LogP contribution in [0.3, 0.4) is 0 Å². The molecule has 1 aromatic heterocycles. The highest BCUT2D eigenvalue weighted by Gasteiger charge is 2.19. The van der Waals surface area contributed by atoms with Gasteiger partial charge in [0.25, 0.3) is 5.91 Å². The molecule has 2 aromatic rings. The molecule has 8 nitrogen and oxygen atoms in total. The molecule has 0 bridgehead atoms. The van der Waals surface area contributed by atoms with Crippen LogP contribution in [0, 0.1) is 0 Å². The van der Waals surface area contributed by atoms with Gasteiger partial charge in [-0.2, -0.15) is 0 Å². The van der Waals surface area contributed by atoms with Gasteiger partial charge in [0.05, 0.1) is 7.11 Å². The summed E-state index contributed by atoms with van der Waals surface area (Å²) in [5, 5.41) is 6.19.